The van der Waals surface area contributed by atoms with Crippen molar-refractivity contribution in [1.29, 1.82) is 5.26 Å². The average molecular weight is 213 g/mol. The zero-order valence-electron chi connectivity index (χ0n) is 8.97. The number of hydrogen-bond donors (Lipinski definition) is 0. The lowest BCUT2D eigenvalue weighted by molar-refractivity contribution is 0.330. The monoisotopic (exact) mass is 213 g/mol. The summed E-state index contributed by atoms with van der Waals surface area (Å²) in [6, 6.07) is 9.66. The molecule has 0 saturated carbocycles. The predicted octanol–water partition coefficient (Wildman–Crippen LogP) is 2.09. The Labute approximate surface area is 93.5 Å². The summed E-state index contributed by atoms with van der Waals surface area (Å²) in [7, 11) is 0. The normalized spacial score (nSPS) is 10.0. The highest BCUT2D eigenvalue weighted by Crippen LogP contribution is 2.22. The Morgan fingerprint density at radius 1 is 1.31 bits per heavy atom. The molecule has 0 amide bonds. The molecular weight excluding hydrogens is 202 g/mol. The summed E-state index contributed by atoms with van der Waals surface area (Å²) in [6.45, 7) is 2.45. The predicted molar refractivity (Wildman–Crippen MR) is 60.0 cm³/mol. The van der Waals surface area contributed by atoms with Gasteiger partial charge in [0.05, 0.1) is 30.0 Å². The van der Waals surface area contributed by atoms with E-state index in [1.807, 2.05) is 37.3 Å². The van der Waals surface area contributed by atoms with Gasteiger partial charge < -0.3 is 4.74 Å². The third-order valence-electron chi connectivity index (χ3n) is 2.13. The number of benzene rings is 1. The molecule has 2 aromatic rings. The lowest BCUT2D eigenvalue weighted by Gasteiger charge is -2.07. The maximum atomic E-state index is 8.64. The highest BCUT2D eigenvalue weighted by molar-refractivity contribution is 5.83. The molecule has 0 unspecified atom stereocenters. The summed E-state index contributed by atoms with van der Waals surface area (Å²) >= 11 is 0. The molecule has 0 fully saturated rings. The van der Waals surface area contributed by atoms with Crippen LogP contribution in [0.4, 0.5) is 0 Å². The molecule has 0 aliphatic rings. The van der Waals surface area contributed by atoms with Crippen LogP contribution < -0.4 is 4.74 Å². The molecule has 4 nitrogen and oxygen atoms in total. The van der Waals surface area contributed by atoms with Gasteiger partial charge in [-0.15, -0.1) is 0 Å². The summed E-state index contributed by atoms with van der Waals surface area (Å²) < 4.78 is 5.45. The minimum Gasteiger partial charge on any atom is -0.477 e. The van der Waals surface area contributed by atoms with E-state index < -0.39 is 0 Å². The van der Waals surface area contributed by atoms with E-state index in [-0.39, 0.29) is 6.42 Å². The van der Waals surface area contributed by atoms with E-state index in [2.05, 4.69) is 9.97 Å². The van der Waals surface area contributed by atoms with Crippen LogP contribution in [0.5, 0.6) is 5.88 Å². The van der Waals surface area contributed by atoms with E-state index in [0.29, 0.717) is 18.3 Å². The van der Waals surface area contributed by atoms with Crippen LogP contribution in [0.3, 0.4) is 0 Å². The molecule has 0 aliphatic heterocycles. The lowest BCUT2D eigenvalue weighted by Crippen LogP contribution is -2.01. The van der Waals surface area contributed by atoms with Gasteiger partial charge in [-0.05, 0) is 19.1 Å². The van der Waals surface area contributed by atoms with Crippen LogP contribution in [-0.2, 0) is 6.42 Å². The molecule has 0 saturated heterocycles. The van der Waals surface area contributed by atoms with Gasteiger partial charge in [-0.1, -0.05) is 12.1 Å². The summed E-state index contributed by atoms with van der Waals surface area (Å²) in [4.78, 5) is 8.52. The number of aromatic nitrogens is 2. The van der Waals surface area contributed by atoms with Crippen molar-refractivity contribution < 1.29 is 4.74 Å². The van der Waals surface area contributed by atoms with Crippen LogP contribution in [0.2, 0.25) is 0 Å². The molecule has 0 N–H and O–H groups in total. The smallest absolute Gasteiger partial charge is 0.224 e. The number of hydrogen-bond acceptors (Lipinski definition) is 4. The SMILES string of the molecule is CCOc1nc(CC#N)nc2ccccc12. The number of fused-ring (bicyclic) bond motifs is 1. The van der Waals surface area contributed by atoms with E-state index in [9.17, 15) is 0 Å². The number of ether oxygens (including phenoxy) is 1. The Kier molecular flexibility index (Phi) is 2.97. The molecule has 16 heavy (non-hydrogen) atoms. The van der Waals surface area contributed by atoms with Gasteiger partial charge in [0.2, 0.25) is 5.88 Å². The first-order valence-corrected chi connectivity index (χ1v) is 5.10. The molecule has 0 spiro atoms. The van der Waals surface area contributed by atoms with Crippen LogP contribution in [0.1, 0.15) is 12.7 Å². The number of rotatable bonds is 3. The van der Waals surface area contributed by atoms with Crippen molar-refractivity contribution in [3.63, 3.8) is 0 Å². The molecule has 0 bridgehead atoms. The van der Waals surface area contributed by atoms with Crippen LogP contribution >= 0.6 is 0 Å². The number of nitriles is 1. The van der Waals surface area contributed by atoms with Gasteiger partial charge in [0.15, 0.2) is 0 Å². The zero-order valence-corrected chi connectivity index (χ0v) is 8.97. The molecule has 0 atom stereocenters. The van der Waals surface area contributed by atoms with Crippen molar-refractivity contribution in [1.82, 2.24) is 9.97 Å². The Balaban J connectivity index is 2.59. The minimum atomic E-state index is 0.199. The van der Waals surface area contributed by atoms with Gasteiger partial charge in [-0.25, -0.2) is 4.98 Å². The van der Waals surface area contributed by atoms with Crippen molar-refractivity contribution in [2.45, 2.75) is 13.3 Å². The van der Waals surface area contributed by atoms with E-state index in [4.69, 9.17) is 10.00 Å². The van der Waals surface area contributed by atoms with E-state index >= 15 is 0 Å². The quantitative estimate of drug-likeness (QED) is 0.783. The molecule has 0 radical (unpaired) electrons. The second kappa shape index (κ2) is 4.58. The van der Waals surface area contributed by atoms with Crippen LogP contribution in [0.25, 0.3) is 10.9 Å². The summed E-state index contributed by atoms with van der Waals surface area (Å²) in [5, 5.41) is 9.52. The van der Waals surface area contributed by atoms with Crippen molar-refractivity contribution in [2.24, 2.45) is 0 Å². The molecule has 80 valence electrons. The highest BCUT2D eigenvalue weighted by atomic mass is 16.5. The van der Waals surface area contributed by atoms with Gasteiger partial charge in [-0.2, -0.15) is 10.2 Å². The van der Waals surface area contributed by atoms with Gasteiger partial charge in [-0.3, -0.25) is 0 Å². The van der Waals surface area contributed by atoms with E-state index in [1.54, 1.807) is 0 Å². The zero-order chi connectivity index (χ0) is 11.4. The standard InChI is InChI=1S/C12H11N3O/c1-2-16-12-9-5-3-4-6-10(9)14-11(15-12)7-8-13/h3-6H,2,7H2,1H3. The fraction of sp³-hybridized carbons (Fsp3) is 0.250. The Morgan fingerprint density at radius 2 is 2.12 bits per heavy atom. The second-order valence-corrected chi connectivity index (χ2v) is 3.23. The van der Waals surface area contributed by atoms with Crippen molar-refractivity contribution in [3.8, 4) is 11.9 Å². The fourth-order valence-corrected chi connectivity index (χ4v) is 1.49. The van der Waals surface area contributed by atoms with E-state index in [1.165, 1.54) is 0 Å². The molecule has 1 aromatic carbocycles. The van der Waals surface area contributed by atoms with Gasteiger partial charge in [0.25, 0.3) is 0 Å². The van der Waals surface area contributed by atoms with Gasteiger partial charge >= 0.3 is 0 Å². The van der Waals surface area contributed by atoms with E-state index in [0.717, 1.165) is 10.9 Å². The van der Waals surface area contributed by atoms with Crippen LogP contribution in [-0.4, -0.2) is 16.6 Å². The Bertz CT molecular complexity index is 545. The van der Waals surface area contributed by atoms with Crippen molar-refractivity contribution in [2.75, 3.05) is 6.61 Å². The molecule has 0 aliphatic carbocycles. The first kappa shape index (κ1) is 10.4. The van der Waals surface area contributed by atoms with Crippen molar-refractivity contribution in [3.05, 3.63) is 30.1 Å². The molecule has 2 rings (SSSR count). The van der Waals surface area contributed by atoms with Crippen molar-refractivity contribution >= 4 is 10.9 Å². The minimum absolute atomic E-state index is 0.199. The Morgan fingerprint density at radius 3 is 2.88 bits per heavy atom. The third-order valence-corrected chi connectivity index (χ3v) is 2.13. The molecule has 1 aromatic heterocycles. The average Bonchev–Trinajstić information content (AvgIpc) is 2.30. The fourth-order valence-electron chi connectivity index (χ4n) is 1.49. The number of nitrogens with zero attached hydrogens (tertiary/aromatic N) is 3. The van der Waals surface area contributed by atoms with Crippen LogP contribution in [0, 0.1) is 11.3 Å². The molecule has 4 heteroatoms. The summed E-state index contributed by atoms with van der Waals surface area (Å²) in [5.74, 6) is 1.06. The molecular formula is C12H11N3O. The molecule has 1 heterocycles. The third kappa shape index (κ3) is 1.94. The highest BCUT2D eigenvalue weighted by Gasteiger charge is 2.07. The maximum Gasteiger partial charge on any atom is 0.224 e. The summed E-state index contributed by atoms with van der Waals surface area (Å²) in [6.07, 6.45) is 0.199. The first-order chi connectivity index (χ1) is 7.85. The number of para-hydroxylation sites is 1. The van der Waals surface area contributed by atoms with Crippen LogP contribution in [0.15, 0.2) is 24.3 Å². The van der Waals surface area contributed by atoms with Gasteiger partial charge in [0.1, 0.15) is 5.82 Å². The van der Waals surface area contributed by atoms with Gasteiger partial charge in [0, 0.05) is 0 Å². The maximum absolute atomic E-state index is 8.64. The topological polar surface area (TPSA) is 58.8 Å². The Hall–Kier alpha value is -2.15. The summed E-state index contributed by atoms with van der Waals surface area (Å²) in [5.41, 5.74) is 0.811. The second-order valence-electron chi connectivity index (χ2n) is 3.23. The first-order valence-electron chi connectivity index (χ1n) is 5.10. The lowest BCUT2D eigenvalue weighted by atomic mass is 10.2. The largest absolute Gasteiger partial charge is 0.477 e.